The van der Waals surface area contributed by atoms with E-state index in [2.05, 4.69) is 10.5 Å². The van der Waals surface area contributed by atoms with Crippen LogP contribution in [0.1, 0.15) is 22.6 Å². The summed E-state index contributed by atoms with van der Waals surface area (Å²) in [5.74, 6) is 1.68. The Morgan fingerprint density at radius 2 is 1.88 bits per heavy atom. The van der Waals surface area contributed by atoms with Crippen molar-refractivity contribution in [1.82, 2.24) is 10.5 Å². The Morgan fingerprint density at radius 3 is 2.58 bits per heavy atom. The molecule has 5 heteroatoms. The standard InChI is InChI=1S/C19H19ClN2O2/c1-14-9-19(24-22-14)12-21-11-15-5-7-18(8-6-15)23-13-16-3-2-4-17(20)10-16/h2-10,21H,11-13H2,1H3. The molecular weight excluding hydrogens is 324 g/mol. The summed E-state index contributed by atoms with van der Waals surface area (Å²) in [7, 11) is 0. The normalized spacial score (nSPS) is 10.8. The second-order valence-electron chi connectivity index (χ2n) is 5.60. The van der Waals surface area contributed by atoms with E-state index in [0.717, 1.165) is 34.3 Å². The summed E-state index contributed by atoms with van der Waals surface area (Å²) < 4.78 is 10.9. The third-order valence-electron chi connectivity index (χ3n) is 3.52. The van der Waals surface area contributed by atoms with Gasteiger partial charge in [-0.3, -0.25) is 0 Å². The van der Waals surface area contributed by atoms with E-state index in [-0.39, 0.29) is 0 Å². The second-order valence-corrected chi connectivity index (χ2v) is 6.04. The molecule has 1 aromatic heterocycles. The molecule has 2 aromatic carbocycles. The maximum absolute atomic E-state index is 5.97. The minimum Gasteiger partial charge on any atom is -0.489 e. The van der Waals surface area contributed by atoms with Crippen LogP contribution in [-0.4, -0.2) is 5.16 Å². The van der Waals surface area contributed by atoms with Gasteiger partial charge in [0.15, 0.2) is 5.76 Å². The lowest BCUT2D eigenvalue weighted by Crippen LogP contribution is -2.12. The number of benzene rings is 2. The van der Waals surface area contributed by atoms with Gasteiger partial charge in [0.2, 0.25) is 0 Å². The van der Waals surface area contributed by atoms with Crippen molar-refractivity contribution in [2.45, 2.75) is 26.6 Å². The molecule has 0 atom stereocenters. The largest absolute Gasteiger partial charge is 0.489 e. The molecule has 4 nitrogen and oxygen atoms in total. The summed E-state index contributed by atoms with van der Waals surface area (Å²) in [5.41, 5.74) is 3.13. The van der Waals surface area contributed by atoms with Crippen molar-refractivity contribution in [2.75, 3.05) is 0 Å². The smallest absolute Gasteiger partial charge is 0.150 e. The zero-order chi connectivity index (χ0) is 16.8. The first-order chi connectivity index (χ1) is 11.7. The van der Waals surface area contributed by atoms with Crippen molar-refractivity contribution >= 4 is 11.6 Å². The fourth-order valence-corrected chi connectivity index (χ4v) is 2.54. The maximum atomic E-state index is 5.97. The molecule has 0 aliphatic carbocycles. The van der Waals surface area contributed by atoms with Crippen molar-refractivity contribution in [2.24, 2.45) is 0 Å². The van der Waals surface area contributed by atoms with Gasteiger partial charge in [0, 0.05) is 17.6 Å². The molecular formula is C19H19ClN2O2. The molecule has 0 fully saturated rings. The van der Waals surface area contributed by atoms with E-state index in [1.807, 2.05) is 61.5 Å². The molecule has 3 rings (SSSR count). The number of rotatable bonds is 7. The maximum Gasteiger partial charge on any atom is 0.150 e. The highest BCUT2D eigenvalue weighted by molar-refractivity contribution is 6.30. The Morgan fingerprint density at radius 1 is 1.04 bits per heavy atom. The topological polar surface area (TPSA) is 47.3 Å². The van der Waals surface area contributed by atoms with Crippen molar-refractivity contribution in [3.8, 4) is 5.75 Å². The number of hydrogen-bond acceptors (Lipinski definition) is 4. The zero-order valence-electron chi connectivity index (χ0n) is 13.5. The molecule has 0 saturated carbocycles. The van der Waals surface area contributed by atoms with Gasteiger partial charge in [-0.05, 0) is 42.3 Å². The SMILES string of the molecule is Cc1cc(CNCc2ccc(OCc3cccc(Cl)c3)cc2)on1. The Labute approximate surface area is 146 Å². The number of nitrogens with one attached hydrogen (secondary N) is 1. The highest BCUT2D eigenvalue weighted by Crippen LogP contribution is 2.16. The predicted octanol–water partition coefficient (Wildman–Crippen LogP) is 4.51. The molecule has 0 aliphatic heterocycles. The summed E-state index contributed by atoms with van der Waals surface area (Å²) in [4.78, 5) is 0. The second kappa shape index (κ2) is 7.99. The monoisotopic (exact) mass is 342 g/mol. The number of nitrogens with zero attached hydrogens (tertiary/aromatic N) is 1. The fourth-order valence-electron chi connectivity index (χ4n) is 2.33. The van der Waals surface area contributed by atoms with Crippen LogP contribution >= 0.6 is 11.6 Å². The summed E-state index contributed by atoms with van der Waals surface area (Å²) in [5, 5.41) is 7.91. The van der Waals surface area contributed by atoms with E-state index >= 15 is 0 Å². The first kappa shape index (κ1) is 16.6. The van der Waals surface area contributed by atoms with Gasteiger partial charge in [-0.15, -0.1) is 0 Å². The third-order valence-corrected chi connectivity index (χ3v) is 3.76. The lowest BCUT2D eigenvalue weighted by Gasteiger charge is -2.08. The van der Waals surface area contributed by atoms with E-state index in [1.54, 1.807) is 0 Å². The van der Waals surface area contributed by atoms with Crippen LogP contribution in [0.15, 0.2) is 59.1 Å². The van der Waals surface area contributed by atoms with Crippen LogP contribution in [-0.2, 0) is 19.7 Å². The molecule has 0 unspecified atom stereocenters. The van der Waals surface area contributed by atoms with Gasteiger partial charge in [-0.1, -0.05) is 41.0 Å². The zero-order valence-corrected chi connectivity index (χ0v) is 14.2. The molecule has 0 spiro atoms. The van der Waals surface area contributed by atoms with Crippen LogP contribution in [0.5, 0.6) is 5.75 Å². The van der Waals surface area contributed by atoms with Gasteiger partial charge in [0.05, 0.1) is 12.2 Å². The Kier molecular flexibility index (Phi) is 5.51. The molecule has 0 amide bonds. The lowest BCUT2D eigenvalue weighted by atomic mass is 10.2. The van der Waals surface area contributed by atoms with Crippen molar-refractivity contribution in [1.29, 1.82) is 0 Å². The van der Waals surface area contributed by atoms with Crippen LogP contribution in [0.2, 0.25) is 5.02 Å². The van der Waals surface area contributed by atoms with Crippen LogP contribution < -0.4 is 10.1 Å². The molecule has 0 bridgehead atoms. The van der Waals surface area contributed by atoms with Crippen molar-refractivity contribution in [3.63, 3.8) is 0 Å². The fraction of sp³-hybridized carbons (Fsp3) is 0.211. The molecule has 1 N–H and O–H groups in total. The van der Waals surface area contributed by atoms with E-state index in [9.17, 15) is 0 Å². The Hall–Kier alpha value is -2.30. The molecule has 0 aliphatic rings. The van der Waals surface area contributed by atoms with Crippen molar-refractivity contribution < 1.29 is 9.26 Å². The average Bonchev–Trinajstić information content (AvgIpc) is 3.00. The molecule has 0 saturated heterocycles. The molecule has 3 aromatic rings. The molecule has 124 valence electrons. The minimum absolute atomic E-state index is 0.503. The Bertz CT molecular complexity index is 784. The first-order valence-corrected chi connectivity index (χ1v) is 8.16. The summed E-state index contributed by atoms with van der Waals surface area (Å²) in [6.45, 7) is 3.83. The first-order valence-electron chi connectivity index (χ1n) is 7.78. The van der Waals surface area contributed by atoms with Gasteiger partial charge in [-0.25, -0.2) is 0 Å². The Balaban J connectivity index is 1.46. The number of aromatic nitrogens is 1. The van der Waals surface area contributed by atoms with Gasteiger partial charge < -0.3 is 14.6 Å². The number of hydrogen-bond donors (Lipinski definition) is 1. The lowest BCUT2D eigenvalue weighted by molar-refractivity contribution is 0.306. The molecule has 1 heterocycles. The van der Waals surface area contributed by atoms with Gasteiger partial charge in [-0.2, -0.15) is 0 Å². The number of aryl methyl sites for hydroxylation is 1. The minimum atomic E-state index is 0.503. The van der Waals surface area contributed by atoms with Gasteiger partial charge >= 0.3 is 0 Å². The van der Waals surface area contributed by atoms with Crippen LogP contribution in [0, 0.1) is 6.92 Å². The highest BCUT2D eigenvalue weighted by atomic mass is 35.5. The highest BCUT2D eigenvalue weighted by Gasteiger charge is 2.01. The predicted molar refractivity (Wildman–Crippen MR) is 94.0 cm³/mol. The quantitative estimate of drug-likeness (QED) is 0.686. The van der Waals surface area contributed by atoms with E-state index < -0.39 is 0 Å². The molecule has 0 radical (unpaired) electrons. The van der Waals surface area contributed by atoms with Crippen LogP contribution in [0.3, 0.4) is 0 Å². The number of halogens is 1. The third kappa shape index (κ3) is 4.85. The summed E-state index contributed by atoms with van der Waals surface area (Å²) in [6.07, 6.45) is 0. The van der Waals surface area contributed by atoms with Gasteiger partial charge in [0.25, 0.3) is 0 Å². The van der Waals surface area contributed by atoms with Crippen molar-refractivity contribution in [3.05, 3.63) is 82.2 Å². The van der Waals surface area contributed by atoms with Gasteiger partial charge in [0.1, 0.15) is 12.4 Å². The van der Waals surface area contributed by atoms with Crippen LogP contribution in [0.4, 0.5) is 0 Å². The molecule has 24 heavy (non-hydrogen) atoms. The van der Waals surface area contributed by atoms with Crippen LogP contribution in [0.25, 0.3) is 0 Å². The summed E-state index contributed by atoms with van der Waals surface area (Å²) in [6, 6.07) is 17.6. The summed E-state index contributed by atoms with van der Waals surface area (Å²) >= 11 is 5.97. The number of ether oxygens (including phenoxy) is 1. The van der Waals surface area contributed by atoms with E-state index in [4.69, 9.17) is 20.9 Å². The van der Waals surface area contributed by atoms with E-state index in [0.29, 0.717) is 13.2 Å². The van der Waals surface area contributed by atoms with E-state index in [1.165, 1.54) is 5.56 Å². The average molecular weight is 343 g/mol.